The van der Waals surface area contributed by atoms with Gasteiger partial charge in [0, 0.05) is 23.4 Å². The Bertz CT molecular complexity index is 717. The number of carbonyl (C=O) groups is 2. The molecule has 2 N–H and O–H groups in total. The molecule has 0 atom stereocenters. The van der Waals surface area contributed by atoms with E-state index in [0.29, 0.717) is 5.75 Å². The molecule has 2 rings (SSSR count). The smallest absolute Gasteiger partial charge is 0.321 e. The first-order valence-corrected chi connectivity index (χ1v) is 8.38. The van der Waals surface area contributed by atoms with Gasteiger partial charge in [-0.25, -0.2) is 9.78 Å². The zero-order valence-electron chi connectivity index (χ0n) is 14.2. The van der Waals surface area contributed by atoms with Gasteiger partial charge < -0.3 is 10.1 Å². The van der Waals surface area contributed by atoms with Crippen molar-refractivity contribution >= 4 is 23.3 Å². The summed E-state index contributed by atoms with van der Waals surface area (Å²) in [6.07, 6.45) is 0. The van der Waals surface area contributed by atoms with Gasteiger partial charge in [-0.05, 0) is 24.3 Å². The molecule has 0 bridgehead atoms. The molecule has 0 radical (unpaired) electrons. The topological polar surface area (TPSA) is 80.3 Å². The van der Waals surface area contributed by atoms with E-state index in [1.807, 2.05) is 12.1 Å². The lowest BCUT2D eigenvalue weighted by atomic mass is 9.93. The number of ether oxygens (including phenoxy) is 1. The second-order valence-electron chi connectivity index (χ2n) is 6.23. The van der Waals surface area contributed by atoms with Crippen LogP contribution in [0.2, 0.25) is 0 Å². The van der Waals surface area contributed by atoms with Crippen LogP contribution in [0.5, 0.6) is 5.75 Å². The zero-order chi connectivity index (χ0) is 17.7. The van der Waals surface area contributed by atoms with Crippen LogP contribution < -0.4 is 15.4 Å². The number of hydrogen-bond acceptors (Lipinski definition) is 5. The van der Waals surface area contributed by atoms with Gasteiger partial charge in [0.1, 0.15) is 10.8 Å². The van der Waals surface area contributed by atoms with Crippen molar-refractivity contribution in [1.82, 2.24) is 15.6 Å². The number of aromatic nitrogens is 1. The number of hydrogen-bond donors (Lipinski definition) is 2. The van der Waals surface area contributed by atoms with E-state index in [9.17, 15) is 9.59 Å². The molecule has 0 unspecified atom stereocenters. The van der Waals surface area contributed by atoms with E-state index in [-0.39, 0.29) is 12.0 Å². The van der Waals surface area contributed by atoms with E-state index in [1.54, 1.807) is 23.5 Å². The van der Waals surface area contributed by atoms with Crippen LogP contribution in [0.4, 0.5) is 4.79 Å². The number of nitrogens with zero attached hydrogens (tertiary/aromatic N) is 1. The fourth-order valence-corrected chi connectivity index (χ4v) is 2.87. The predicted octanol–water partition coefficient (Wildman–Crippen LogP) is 2.94. The van der Waals surface area contributed by atoms with E-state index in [2.05, 4.69) is 41.8 Å². The van der Waals surface area contributed by atoms with Crippen molar-refractivity contribution in [2.24, 2.45) is 0 Å². The Balaban J connectivity index is 1.97. The van der Waals surface area contributed by atoms with Gasteiger partial charge in [-0.15, -0.1) is 11.3 Å². The fraction of sp³-hybridized carbons (Fsp3) is 0.353. The Kier molecular flexibility index (Phi) is 5.56. The maximum Gasteiger partial charge on any atom is 0.321 e. The molecule has 3 amide bonds. The van der Waals surface area contributed by atoms with E-state index >= 15 is 0 Å². The van der Waals surface area contributed by atoms with Crippen LogP contribution >= 0.6 is 11.3 Å². The minimum atomic E-state index is -0.558. The number of urea groups is 1. The van der Waals surface area contributed by atoms with Gasteiger partial charge in [-0.2, -0.15) is 0 Å². The van der Waals surface area contributed by atoms with E-state index in [0.717, 1.165) is 16.3 Å². The zero-order valence-corrected chi connectivity index (χ0v) is 15.0. The molecule has 0 aliphatic carbocycles. The third kappa shape index (κ3) is 4.79. The van der Waals surface area contributed by atoms with Gasteiger partial charge in [0.2, 0.25) is 0 Å². The average Bonchev–Trinajstić information content (AvgIpc) is 3.03. The highest BCUT2D eigenvalue weighted by atomic mass is 32.1. The third-order valence-electron chi connectivity index (χ3n) is 3.22. The first-order chi connectivity index (χ1) is 11.3. The SMILES string of the molecule is CNC(=O)NC(=O)COc1ccc(-c2nc(C(C)(C)C)cs2)cc1. The van der Waals surface area contributed by atoms with Gasteiger partial charge in [0.25, 0.3) is 5.91 Å². The van der Waals surface area contributed by atoms with Crippen LogP contribution in [0.25, 0.3) is 10.6 Å². The first-order valence-electron chi connectivity index (χ1n) is 7.50. The quantitative estimate of drug-likeness (QED) is 0.891. The van der Waals surface area contributed by atoms with Crippen molar-refractivity contribution < 1.29 is 14.3 Å². The van der Waals surface area contributed by atoms with Gasteiger partial charge >= 0.3 is 6.03 Å². The Morgan fingerprint density at radius 1 is 1.21 bits per heavy atom. The van der Waals surface area contributed by atoms with Gasteiger partial charge in [-0.1, -0.05) is 20.8 Å². The number of carbonyl (C=O) groups excluding carboxylic acids is 2. The van der Waals surface area contributed by atoms with Crippen molar-refractivity contribution in [2.45, 2.75) is 26.2 Å². The van der Waals surface area contributed by atoms with Crippen molar-refractivity contribution in [1.29, 1.82) is 0 Å². The summed E-state index contributed by atoms with van der Waals surface area (Å²) in [4.78, 5) is 27.1. The fourth-order valence-electron chi connectivity index (χ4n) is 1.82. The summed E-state index contributed by atoms with van der Waals surface area (Å²) in [6.45, 7) is 6.17. The lowest BCUT2D eigenvalue weighted by molar-refractivity contribution is -0.122. The monoisotopic (exact) mass is 347 g/mol. The summed E-state index contributed by atoms with van der Waals surface area (Å²) in [5.74, 6) is 0.0478. The minimum Gasteiger partial charge on any atom is -0.484 e. The molecule has 2 aromatic rings. The van der Waals surface area contributed by atoms with E-state index in [4.69, 9.17) is 4.74 Å². The summed E-state index contributed by atoms with van der Waals surface area (Å²) < 4.78 is 5.35. The summed E-state index contributed by atoms with van der Waals surface area (Å²) in [6, 6.07) is 6.80. The molecule has 1 aromatic carbocycles. The standard InChI is InChI=1S/C17H21N3O3S/c1-17(2,3)13-10-24-15(19-13)11-5-7-12(8-6-11)23-9-14(21)20-16(22)18-4/h5-8,10H,9H2,1-4H3,(H2,18,20,21,22). The highest BCUT2D eigenvalue weighted by Gasteiger charge is 2.17. The Labute approximate surface area is 145 Å². The predicted molar refractivity (Wildman–Crippen MR) is 94.3 cm³/mol. The molecule has 0 aliphatic heterocycles. The van der Waals surface area contributed by atoms with Gasteiger partial charge in [-0.3, -0.25) is 10.1 Å². The maximum atomic E-state index is 11.5. The van der Waals surface area contributed by atoms with Crippen LogP contribution in [0, 0.1) is 0 Å². The van der Waals surface area contributed by atoms with Crippen molar-refractivity contribution in [2.75, 3.05) is 13.7 Å². The van der Waals surface area contributed by atoms with Crippen molar-refractivity contribution in [3.05, 3.63) is 35.3 Å². The molecule has 0 spiro atoms. The van der Waals surface area contributed by atoms with Crippen LogP contribution in [0.3, 0.4) is 0 Å². The van der Waals surface area contributed by atoms with Gasteiger partial charge in [0.05, 0.1) is 5.69 Å². The van der Waals surface area contributed by atoms with Crippen LogP contribution in [0.15, 0.2) is 29.6 Å². The third-order valence-corrected chi connectivity index (χ3v) is 4.12. The second kappa shape index (κ2) is 7.44. The van der Waals surface area contributed by atoms with Crippen LogP contribution in [-0.4, -0.2) is 30.6 Å². The second-order valence-corrected chi connectivity index (χ2v) is 7.09. The summed E-state index contributed by atoms with van der Waals surface area (Å²) >= 11 is 1.60. The largest absolute Gasteiger partial charge is 0.484 e. The molecule has 0 fully saturated rings. The summed E-state index contributed by atoms with van der Waals surface area (Å²) in [5.41, 5.74) is 2.09. The molecular weight excluding hydrogens is 326 g/mol. The lowest BCUT2D eigenvalue weighted by Crippen LogP contribution is -2.39. The molecular formula is C17H21N3O3S. The molecule has 7 heteroatoms. The normalized spacial score (nSPS) is 11.0. The average molecular weight is 347 g/mol. The summed E-state index contributed by atoms with van der Waals surface area (Å²) in [7, 11) is 1.44. The highest BCUT2D eigenvalue weighted by Crippen LogP contribution is 2.30. The number of imide groups is 1. The number of nitrogens with one attached hydrogen (secondary N) is 2. The molecule has 1 heterocycles. The Morgan fingerprint density at radius 2 is 1.88 bits per heavy atom. The Hall–Kier alpha value is -2.41. The van der Waals surface area contributed by atoms with E-state index < -0.39 is 11.9 Å². The number of amides is 3. The molecule has 0 aliphatic rings. The van der Waals surface area contributed by atoms with Gasteiger partial charge in [0.15, 0.2) is 6.61 Å². The van der Waals surface area contributed by atoms with Crippen LogP contribution in [-0.2, 0) is 10.2 Å². The number of benzene rings is 1. The minimum absolute atomic E-state index is 0.0238. The molecule has 1 aromatic heterocycles. The number of thiazole rings is 1. The number of rotatable bonds is 4. The Morgan fingerprint density at radius 3 is 2.42 bits per heavy atom. The first kappa shape index (κ1) is 17.9. The molecule has 0 saturated heterocycles. The highest BCUT2D eigenvalue weighted by molar-refractivity contribution is 7.13. The van der Waals surface area contributed by atoms with E-state index in [1.165, 1.54) is 7.05 Å². The lowest BCUT2D eigenvalue weighted by Gasteiger charge is -2.14. The molecule has 6 nitrogen and oxygen atoms in total. The van der Waals surface area contributed by atoms with Crippen molar-refractivity contribution in [3.63, 3.8) is 0 Å². The van der Waals surface area contributed by atoms with Crippen LogP contribution in [0.1, 0.15) is 26.5 Å². The summed E-state index contributed by atoms with van der Waals surface area (Å²) in [5, 5.41) is 7.45. The molecule has 24 heavy (non-hydrogen) atoms. The maximum absolute atomic E-state index is 11.5. The van der Waals surface area contributed by atoms with Crippen molar-refractivity contribution in [3.8, 4) is 16.3 Å². The molecule has 128 valence electrons. The molecule has 0 saturated carbocycles.